The first kappa shape index (κ1) is 22.2. The molecule has 1 fully saturated rings. The second kappa shape index (κ2) is 11.7. The van der Waals surface area contributed by atoms with Crippen LogP contribution in [0.5, 0.6) is 0 Å². The first-order valence-electron chi connectivity index (χ1n) is 8.95. The summed E-state index contributed by atoms with van der Waals surface area (Å²) in [6, 6.07) is 10.8. The minimum absolute atomic E-state index is 0. The van der Waals surface area contributed by atoms with E-state index in [1.807, 2.05) is 0 Å². The monoisotopic (exact) mass is 460 g/mol. The summed E-state index contributed by atoms with van der Waals surface area (Å²) in [5.41, 5.74) is 1.68. The van der Waals surface area contributed by atoms with Crippen LogP contribution in [-0.2, 0) is 10.2 Å². The van der Waals surface area contributed by atoms with Gasteiger partial charge < -0.3 is 20.3 Å². The lowest BCUT2D eigenvalue weighted by atomic mass is 9.96. The van der Waals surface area contributed by atoms with E-state index in [0.29, 0.717) is 0 Å². The molecule has 2 N–H and O–H groups in total. The van der Waals surface area contributed by atoms with Gasteiger partial charge in [0, 0.05) is 38.7 Å². The molecule has 1 saturated carbocycles. The second-order valence-electron chi connectivity index (χ2n) is 6.56. The number of nitrogens with one attached hydrogen (secondary N) is 2. The molecule has 0 bridgehead atoms. The van der Waals surface area contributed by atoms with Gasteiger partial charge in [0.2, 0.25) is 0 Å². The molecule has 2 rings (SSSR count). The topological polar surface area (TPSA) is 48.9 Å². The molecule has 0 amide bonds. The highest BCUT2D eigenvalue weighted by Crippen LogP contribution is 2.48. The zero-order chi connectivity index (χ0) is 17.3. The lowest BCUT2D eigenvalue weighted by Gasteiger charge is -2.19. The lowest BCUT2D eigenvalue weighted by Crippen LogP contribution is -2.41. The number of halogens is 1. The number of benzene rings is 1. The summed E-state index contributed by atoms with van der Waals surface area (Å²) in [5, 5.41) is 6.78. The second-order valence-corrected chi connectivity index (χ2v) is 6.56. The Kier molecular flexibility index (Phi) is 10.4. The van der Waals surface area contributed by atoms with Crippen LogP contribution in [0, 0.1) is 0 Å². The molecule has 0 spiro atoms. The summed E-state index contributed by atoms with van der Waals surface area (Å²) in [6.45, 7) is 7.40. The highest BCUT2D eigenvalue weighted by molar-refractivity contribution is 14.0. The SMILES string of the molecule is CCNC(=NCC1(c2ccccc2)CC1)NCCN(C)CCOC.I. The Labute approximate surface area is 169 Å². The van der Waals surface area contributed by atoms with Gasteiger partial charge in [-0.2, -0.15) is 0 Å². The first-order valence-corrected chi connectivity index (χ1v) is 8.95. The van der Waals surface area contributed by atoms with E-state index in [4.69, 9.17) is 9.73 Å². The van der Waals surface area contributed by atoms with Crippen LogP contribution in [0.2, 0.25) is 0 Å². The average molecular weight is 460 g/mol. The van der Waals surface area contributed by atoms with Crippen LogP contribution in [0.4, 0.5) is 0 Å². The van der Waals surface area contributed by atoms with Crippen molar-refractivity contribution in [3.8, 4) is 0 Å². The van der Waals surface area contributed by atoms with Crippen LogP contribution in [0.1, 0.15) is 25.3 Å². The molecule has 0 saturated heterocycles. The summed E-state index contributed by atoms with van der Waals surface area (Å²) in [6.07, 6.45) is 2.47. The number of methoxy groups -OCH3 is 1. The van der Waals surface area contributed by atoms with E-state index in [1.165, 1.54) is 18.4 Å². The van der Waals surface area contributed by atoms with Crippen LogP contribution in [0.25, 0.3) is 0 Å². The van der Waals surface area contributed by atoms with Crippen LogP contribution in [0.15, 0.2) is 35.3 Å². The average Bonchev–Trinajstić information content (AvgIpc) is 3.40. The van der Waals surface area contributed by atoms with Crippen LogP contribution in [0.3, 0.4) is 0 Å². The number of guanidine groups is 1. The van der Waals surface area contributed by atoms with Crippen molar-refractivity contribution < 1.29 is 4.74 Å². The highest BCUT2D eigenvalue weighted by Gasteiger charge is 2.43. The Balaban J connectivity index is 0.00000312. The molecule has 0 radical (unpaired) electrons. The maximum atomic E-state index is 5.11. The van der Waals surface area contributed by atoms with Crippen molar-refractivity contribution in [1.82, 2.24) is 15.5 Å². The van der Waals surface area contributed by atoms with E-state index < -0.39 is 0 Å². The van der Waals surface area contributed by atoms with Gasteiger partial charge in [-0.1, -0.05) is 30.3 Å². The molecule has 0 heterocycles. The van der Waals surface area contributed by atoms with Crippen LogP contribution < -0.4 is 10.6 Å². The third kappa shape index (κ3) is 7.50. The zero-order valence-electron chi connectivity index (χ0n) is 15.8. The maximum absolute atomic E-state index is 5.11. The third-order valence-corrected chi connectivity index (χ3v) is 4.59. The Morgan fingerprint density at radius 3 is 2.52 bits per heavy atom. The molecule has 25 heavy (non-hydrogen) atoms. The van der Waals surface area contributed by atoms with Gasteiger partial charge in [0.05, 0.1) is 13.2 Å². The minimum Gasteiger partial charge on any atom is -0.383 e. The van der Waals surface area contributed by atoms with Crippen molar-refractivity contribution in [2.45, 2.75) is 25.2 Å². The number of nitrogens with zero attached hydrogens (tertiary/aromatic N) is 2. The molecular weight excluding hydrogens is 427 g/mol. The number of ether oxygens (including phenoxy) is 1. The van der Waals surface area contributed by atoms with E-state index in [2.05, 4.69) is 59.8 Å². The summed E-state index contributed by atoms with van der Waals surface area (Å²) in [4.78, 5) is 7.09. The van der Waals surface area contributed by atoms with E-state index in [9.17, 15) is 0 Å². The maximum Gasteiger partial charge on any atom is 0.191 e. The summed E-state index contributed by atoms with van der Waals surface area (Å²) >= 11 is 0. The van der Waals surface area contributed by atoms with E-state index in [1.54, 1.807) is 7.11 Å². The normalized spacial score (nSPS) is 15.6. The largest absolute Gasteiger partial charge is 0.383 e. The molecule has 1 aliphatic carbocycles. The van der Waals surface area contributed by atoms with Gasteiger partial charge in [-0.3, -0.25) is 4.99 Å². The Hall–Kier alpha value is -0.860. The predicted molar refractivity (Wildman–Crippen MR) is 116 cm³/mol. The van der Waals surface area contributed by atoms with E-state index >= 15 is 0 Å². The summed E-state index contributed by atoms with van der Waals surface area (Å²) < 4.78 is 5.11. The van der Waals surface area contributed by atoms with E-state index in [-0.39, 0.29) is 29.4 Å². The molecule has 5 nitrogen and oxygen atoms in total. The van der Waals surface area contributed by atoms with Crippen molar-refractivity contribution in [3.05, 3.63) is 35.9 Å². The minimum atomic E-state index is 0. The number of hydrogen-bond donors (Lipinski definition) is 2. The Morgan fingerprint density at radius 1 is 1.20 bits per heavy atom. The zero-order valence-corrected chi connectivity index (χ0v) is 18.1. The number of aliphatic imine (C=N–C) groups is 1. The van der Waals surface area contributed by atoms with E-state index in [0.717, 1.165) is 45.3 Å². The Morgan fingerprint density at radius 2 is 1.92 bits per heavy atom. The van der Waals surface area contributed by atoms with Crippen molar-refractivity contribution in [2.75, 3.05) is 53.5 Å². The van der Waals surface area contributed by atoms with Gasteiger partial charge in [-0.25, -0.2) is 0 Å². The molecule has 0 unspecified atom stereocenters. The summed E-state index contributed by atoms with van der Waals surface area (Å²) in [5.74, 6) is 0.917. The van der Waals surface area contributed by atoms with Crippen LogP contribution in [-0.4, -0.2) is 64.3 Å². The van der Waals surface area contributed by atoms with Gasteiger partial charge in [0.1, 0.15) is 0 Å². The number of rotatable bonds is 10. The molecule has 0 atom stereocenters. The fraction of sp³-hybridized carbons (Fsp3) is 0.632. The smallest absolute Gasteiger partial charge is 0.191 e. The van der Waals surface area contributed by atoms with Crippen molar-refractivity contribution in [3.63, 3.8) is 0 Å². The molecule has 1 aliphatic rings. The number of hydrogen-bond acceptors (Lipinski definition) is 3. The fourth-order valence-electron chi connectivity index (χ4n) is 2.78. The number of likely N-dealkylation sites (N-methyl/N-ethyl adjacent to an activating group) is 1. The van der Waals surface area contributed by atoms with Gasteiger partial charge in [0.25, 0.3) is 0 Å². The van der Waals surface area contributed by atoms with Crippen molar-refractivity contribution >= 4 is 29.9 Å². The van der Waals surface area contributed by atoms with Crippen molar-refractivity contribution in [2.24, 2.45) is 4.99 Å². The molecule has 142 valence electrons. The summed E-state index contributed by atoms with van der Waals surface area (Å²) in [7, 11) is 3.85. The highest BCUT2D eigenvalue weighted by atomic mass is 127. The third-order valence-electron chi connectivity index (χ3n) is 4.59. The van der Waals surface area contributed by atoms with Gasteiger partial charge in [0.15, 0.2) is 5.96 Å². The lowest BCUT2D eigenvalue weighted by molar-refractivity contribution is 0.162. The fourth-order valence-corrected chi connectivity index (χ4v) is 2.78. The van der Waals surface area contributed by atoms with Gasteiger partial charge in [-0.15, -0.1) is 24.0 Å². The molecule has 0 aromatic heterocycles. The predicted octanol–water partition coefficient (Wildman–Crippen LogP) is 2.47. The van der Waals surface area contributed by atoms with Crippen molar-refractivity contribution in [1.29, 1.82) is 0 Å². The molecule has 6 heteroatoms. The molecule has 0 aliphatic heterocycles. The first-order chi connectivity index (χ1) is 11.7. The molecule has 1 aromatic carbocycles. The standard InChI is InChI=1S/C19H32N4O.HI/c1-4-20-18(21-12-13-23(2)14-15-24-3)22-16-19(10-11-19)17-8-6-5-7-9-17;/h5-9H,4,10-16H2,1-3H3,(H2,20,21,22);1H. The Bertz CT molecular complexity index is 505. The molecule has 1 aromatic rings. The van der Waals surface area contributed by atoms with Gasteiger partial charge >= 0.3 is 0 Å². The quantitative estimate of drug-likeness (QED) is 0.320. The molecular formula is C19H33IN4O. The van der Waals surface area contributed by atoms with Gasteiger partial charge in [-0.05, 0) is 32.4 Å². The van der Waals surface area contributed by atoms with Crippen LogP contribution >= 0.6 is 24.0 Å².